The highest BCUT2D eigenvalue weighted by Crippen LogP contribution is 2.25. The number of nitrogens with one attached hydrogen (secondary N) is 1. The van der Waals surface area contributed by atoms with Crippen LogP contribution in [0.15, 0.2) is 60.7 Å². The summed E-state index contributed by atoms with van der Waals surface area (Å²) < 4.78 is 5.66. The lowest BCUT2D eigenvalue weighted by Gasteiger charge is -2.14. The Balaban J connectivity index is 0.000000336. The van der Waals surface area contributed by atoms with Crippen molar-refractivity contribution >= 4 is 5.57 Å². The maximum Gasteiger partial charge on any atom is 0.119 e. The summed E-state index contributed by atoms with van der Waals surface area (Å²) in [5.41, 5.74) is 3.76. The SMILES string of the molecule is CC/C=C(\c1ccccc1)c1ccc(OCCNC)cc1.OC1CCCCC1. The Hall–Kier alpha value is -2.10. The summed E-state index contributed by atoms with van der Waals surface area (Å²) in [5.74, 6) is 0.915. The highest BCUT2D eigenvalue weighted by molar-refractivity contribution is 5.79. The van der Waals surface area contributed by atoms with Crippen molar-refractivity contribution < 1.29 is 9.84 Å². The molecule has 152 valence electrons. The minimum absolute atomic E-state index is 0.0359. The lowest BCUT2D eigenvalue weighted by atomic mass is 9.97. The fraction of sp³-hybridized carbons (Fsp3) is 0.440. The highest BCUT2D eigenvalue weighted by atomic mass is 16.5. The minimum atomic E-state index is 0.0359. The van der Waals surface area contributed by atoms with Gasteiger partial charge in [0.15, 0.2) is 0 Å². The molecule has 2 aromatic carbocycles. The number of aliphatic hydroxyl groups is 1. The zero-order valence-electron chi connectivity index (χ0n) is 17.4. The molecule has 2 N–H and O–H groups in total. The lowest BCUT2D eigenvalue weighted by Crippen LogP contribution is -2.15. The van der Waals surface area contributed by atoms with Crippen molar-refractivity contribution in [1.29, 1.82) is 0 Å². The highest BCUT2D eigenvalue weighted by Gasteiger charge is 2.07. The molecule has 2 aromatic rings. The fourth-order valence-corrected chi connectivity index (χ4v) is 3.31. The van der Waals surface area contributed by atoms with Gasteiger partial charge < -0.3 is 15.2 Å². The number of hydrogen-bond acceptors (Lipinski definition) is 3. The zero-order chi connectivity index (χ0) is 20.0. The zero-order valence-corrected chi connectivity index (χ0v) is 17.4. The fourth-order valence-electron chi connectivity index (χ4n) is 3.31. The first kappa shape index (κ1) is 22.2. The van der Waals surface area contributed by atoms with E-state index in [9.17, 15) is 0 Å². The number of rotatable bonds is 7. The second-order valence-corrected chi connectivity index (χ2v) is 7.16. The Kier molecular flexibility index (Phi) is 10.4. The molecule has 0 spiro atoms. The lowest BCUT2D eigenvalue weighted by molar-refractivity contribution is 0.130. The van der Waals surface area contributed by atoms with Crippen molar-refractivity contribution in [2.24, 2.45) is 0 Å². The van der Waals surface area contributed by atoms with Gasteiger partial charge in [0.2, 0.25) is 0 Å². The van der Waals surface area contributed by atoms with Crippen LogP contribution in [0.25, 0.3) is 5.57 Å². The van der Waals surface area contributed by atoms with Crippen LogP contribution in [-0.2, 0) is 0 Å². The second kappa shape index (κ2) is 13.1. The maximum atomic E-state index is 8.91. The Labute approximate surface area is 170 Å². The van der Waals surface area contributed by atoms with Crippen LogP contribution >= 0.6 is 0 Å². The summed E-state index contributed by atoms with van der Waals surface area (Å²) in [6.07, 6.45) is 9.21. The monoisotopic (exact) mass is 381 g/mol. The van der Waals surface area contributed by atoms with Gasteiger partial charge in [-0.05, 0) is 55.1 Å². The molecule has 1 fully saturated rings. The van der Waals surface area contributed by atoms with Crippen LogP contribution in [0.4, 0.5) is 0 Å². The van der Waals surface area contributed by atoms with Gasteiger partial charge in [-0.25, -0.2) is 0 Å². The summed E-state index contributed by atoms with van der Waals surface area (Å²) in [6.45, 7) is 3.71. The molecule has 1 saturated carbocycles. The van der Waals surface area contributed by atoms with Gasteiger partial charge in [0.1, 0.15) is 12.4 Å². The summed E-state index contributed by atoms with van der Waals surface area (Å²) in [5, 5.41) is 12.0. The third-order valence-electron chi connectivity index (χ3n) is 4.85. The summed E-state index contributed by atoms with van der Waals surface area (Å²) in [6, 6.07) is 18.8. The molecule has 28 heavy (non-hydrogen) atoms. The molecule has 0 saturated heterocycles. The molecular weight excluding hydrogens is 346 g/mol. The quantitative estimate of drug-likeness (QED) is 0.628. The normalized spacial score (nSPS) is 14.9. The Morgan fingerprint density at radius 2 is 1.64 bits per heavy atom. The van der Waals surface area contributed by atoms with E-state index in [1.54, 1.807) is 0 Å². The Morgan fingerprint density at radius 3 is 2.18 bits per heavy atom. The van der Waals surface area contributed by atoms with E-state index in [0.29, 0.717) is 6.61 Å². The number of aliphatic hydroxyl groups excluding tert-OH is 1. The van der Waals surface area contributed by atoms with Crippen molar-refractivity contribution in [3.63, 3.8) is 0 Å². The average Bonchev–Trinajstić information content (AvgIpc) is 2.75. The summed E-state index contributed by atoms with van der Waals surface area (Å²) in [4.78, 5) is 0. The number of hydrogen-bond donors (Lipinski definition) is 2. The molecule has 0 atom stereocenters. The van der Waals surface area contributed by atoms with Gasteiger partial charge in [-0.2, -0.15) is 0 Å². The van der Waals surface area contributed by atoms with Crippen LogP contribution in [0.2, 0.25) is 0 Å². The number of likely N-dealkylation sites (N-methyl/N-ethyl adjacent to an activating group) is 1. The molecule has 3 rings (SSSR count). The first-order valence-electron chi connectivity index (χ1n) is 10.6. The van der Waals surface area contributed by atoms with E-state index in [4.69, 9.17) is 9.84 Å². The molecule has 1 aliphatic carbocycles. The average molecular weight is 382 g/mol. The van der Waals surface area contributed by atoms with Crippen molar-refractivity contribution in [3.8, 4) is 5.75 Å². The molecule has 0 aliphatic heterocycles. The van der Waals surface area contributed by atoms with Crippen LogP contribution in [0.5, 0.6) is 5.75 Å². The van der Waals surface area contributed by atoms with E-state index < -0.39 is 0 Å². The van der Waals surface area contributed by atoms with Crippen LogP contribution in [0, 0.1) is 0 Å². The standard InChI is InChI=1S/C19H23NO.C6H12O/c1-3-7-19(16-8-5-4-6-9-16)17-10-12-18(13-11-17)21-15-14-20-2;7-6-4-2-1-3-5-6/h4-13,20H,3,14-15H2,1-2H3;6-7H,1-5H2/b19-7+;. The molecule has 0 bridgehead atoms. The van der Waals surface area contributed by atoms with Gasteiger partial charge in [0, 0.05) is 6.54 Å². The number of benzene rings is 2. The Morgan fingerprint density at radius 1 is 1.00 bits per heavy atom. The first-order chi connectivity index (χ1) is 13.7. The van der Waals surface area contributed by atoms with Gasteiger partial charge >= 0.3 is 0 Å². The summed E-state index contributed by atoms with van der Waals surface area (Å²) in [7, 11) is 1.92. The van der Waals surface area contributed by atoms with E-state index in [-0.39, 0.29) is 6.10 Å². The van der Waals surface area contributed by atoms with Crippen LogP contribution in [0.3, 0.4) is 0 Å². The minimum Gasteiger partial charge on any atom is -0.492 e. The first-order valence-corrected chi connectivity index (χ1v) is 10.6. The third-order valence-corrected chi connectivity index (χ3v) is 4.85. The van der Waals surface area contributed by atoms with Crippen LogP contribution in [0.1, 0.15) is 56.6 Å². The second-order valence-electron chi connectivity index (χ2n) is 7.16. The molecule has 3 nitrogen and oxygen atoms in total. The van der Waals surface area contributed by atoms with E-state index in [1.165, 1.54) is 36.0 Å². The van der Waals surface area contributed by atoms with E-state index in [2.05, 4.69) is 54.7 Å². The van der Waals surface area contributed by atoms with Crippen molar-refractivity contribution in [2.75, 3.05) is 20.2 Å². The molecule has 1 aliphatic rings. The topological polar surface area (TPSA) is 41.5 Å². The van der Waals surface area contributed by atoms with Crippen LogP contribution in [-0.4, -0.2) is 31.4 Å². The van der Waals surface area contributed by atoms with Gasteiger partial charge in [0.25, 0.3) is 0 Å². The maximum absolute atomic E-state index is 8.91. The largest absolute Gasteiger partial charge is 0.492 e. The van der Waals surface area contributed by atoms with Gasteiger partial charge in [-0.3, -0.25) is 0 Å². The van der Waals surface area contributed by atoms with Gasteiger partial charge in [-0.1, -0.05) is 74.7 Å². The van der Waals surface area contributed by atoms with Crippen molar-refractivity contribution in [3.05, 3.63) is 71.8 Å². The van der Waals surface area contributed by atoms with Crippen molar-refractivity contribution in [2.45, 2.75) is 51.6 Å². The van der Waals surface area contributed by atoms with Gasteiger partial charge in [0.05, 0.1) is 6.10 Å². The molecule has 0 heterocycles. The smallest absolute Gasteiger partial charge is 0.119 e. The Bertz CT molecular complexity index is 673. The molecule has 0 aromatic heterocycles. The van der Waals surface area contributed by atoms with Crippen molar-refractivity contribution in [1.82, 2.24) is 5.32 Å². The van der Waals surface area contributed by atoms with Crippen LogP contribution < -0.4 is 10.1 Å². The third kappa shape index (κ3) is 7.87. The summed E-state index contributed by atoms with van der Waals surface area (Å²) >= 11 is 0. The molecule has 3 heteroatoms. The predicted octanol–water partition coefficient (Wildman–Crippen LogP) is 5.44. The molecule has 0 unspecified atom stereocenters. The molecule has 0 amide bonds. The molecular formula is C25H35NO2. The number of ether oxygens (including phenoxy) is 1. The molecule has 0 radical (unpaired) electrons. The number of allylic oxidation sites excluding steroid dienone is 1. The predicted molar refractivity (Wildman–Crippen MR) is 119 cm³/mol. The van der Waals surface area contributed by atoms with E-state index in [0.717, 1.165) is 31.6 Å². The van der Waals surface area contributed by atoms with E-state index >= 15 is 0 Å². The van der Waals surface area contributed by atoms with Gasteiger partial charge in [-0.15, -0.1) is 0 Å². The van der Waals surface area contributed by atoms with E-state index in [1.807, 2.05) is 25.2 Å².